The standard InChI is InChI=1S/C24H29N3O4/c1-24(12-11-22(28)27(24)17-18-3-9-21(30-2)10-4-18)23(29)25-19-5-7-20(8-6-19)26-13-15-31-16-14-26/h3-10H,11-17H2,1-2H3,(H,25,29). The van der Waals surface area contributed by atoms with Gasteiger partial charge in [0.15, 0.2) is 0 Å². The maximum Gasteiger partial charge on any atom is 0.250 e. The molecule has 2 amide bonds. The largest absolute Gasteiger partial charge is 0.497 e. The first-order valence-corrected chi connectivity index (χ1v) is 10.7. The lowest BCUT2D eigenvalue weighted by molar-refractivity contribution is -0.138. The molecule has 2 saturated heterocycles. The topological polar surface area (TPSA) is 71.1 Å². The number of carbonyl (C=O) groups excluding carboxylic acids is 2. The van der Waals surface area contributed by atoms with E-state index in [-0.39, 0.29) is 11.8 Å². The maximum absolute atomic E-state index is 13.2. The number of carbonyl (C=O) groups is 2. The first-order valence-electron chi connectivity index (χ1n) is 10.7. The lowest BCUT2D eigenvalue weighted by atomic mass is 9.97. The molecule has 2 aliphatic rings. The molecule has 0 aliphatic carbocycles. The molecule has 4 rings (SSSR count). The van der Waals surface area contributed by atoms with Gasteiger partial charge in [-0.3, -0.25) is 9.59 Å². The van der Waals surface area contributed by atoms with Crippen molar-refractivity contribution < 1.29 is 19.1 Å². The van der Waals surface area contributed by atoms with E-state index in [1.807, 2.05) is 55.5 Å². The molecule has 31 heavy (non-hydrogen) atoms. The molecule has 7 heteroatoms. The molecule has 1 unspecified atom stereocenters. The van der Waals surface area contributed by atoms with Crippen molar-refractivity contribution in [3.63, 3.8) is 0 Å². The summed E-state index contributed by atoms with van der Waals surface area (Å²) in [5.41, 5.74) is 1.92. The van der Waals surface area contributed by atoms with Crippen LogP contribution >= 0.6 is 0 Å². The Bertz CT molecular complexity index is 923. The van der Waals surface area contributed by atoms with Crippen LogP contribution in [0.4, 0.5) is 11.4 Å². The van der Waals surface area contributed by atoms with Crippen LogP contribution in [0.1, 0.15) is 25.3 Å². The normalized spacial score (nSPS) is 21.3. The molecular weight excluding hydrogens is 394 g/mol. The van der Waals surface area contributed by atoms with E-state index in [0.29, 0.717) is 19.4 Å². The minimum absolute atomic E-state index is 0.00358. The molecule has 2 heterocycles. The first-order chi connectivity index (χ1) is 15.0. The molecule has 2 aliphatic heterocycles. The average Bonchev–Trinajstić information content (AvgIpc) is 3.10. The van der Waals surface area contributed by atoms with Gasteiger partial charge in [-0.15, -0.1) is 0 Å². The number of nitrogens with zero attached hydrogens (tertiary/aromatic N) is 2. The smallest absolute Gasteiger partial charge is 0.250 e. The second-order valence-corrected chi connectivity index (χ2v) is 8.20. The number of hydrogen-bond acceptors (Lipinski definition) is 5. The molecule has 164 valence electrons. The number of nitrogens with one attached hydrogen (secondary N) is 1. The zero-order chi connectivity index (χ0) is 21.8. The van der Waals surface area contributed by atoms with Crippen LogP contribution in [0.15, 0.2) is 48.5 Å². The van der Waals surface area contributed by atoms with E-state index in [9.17, 15) is 9.59 Å². The van der Waals surface area contributed by atoms with Crippen molar-refractivity contribution >= 4 is 23.2 Å². The van der Waals surface area contributed by atoms with Gasteiger partial charge in [-0.1, -0.05) is 12.1 Å². The molecule has 1 atom stereocenters. The van der Waals surface area contributed by atoms with Crippen LogP contribution in [0.2, 0.25) is 0 Å². The molecule has 0 bridgehead atoms. The van der Waals surface area contributed by atoms with Gasteiger partial charge in [0.1, 0.15) is 11.3 Å². The summed E-state index contributed by atoms with van der Waals surface area (Å²) in [6.07, 6.45) is 0.871. The Kier molecular flexibility index (Phi) is 6.13. The third-order valence-corrected chi connectivity index (χ3v) is 6.21. The van der Waals surface area contributed by atoms with Crippen LogP contribution in [-0.2, 0) is 20.9 Å². The number of rotatable bonds is 6. The molecule has 0 radical (unpaired) electrons. The van der Waals surface area contributed by atoms with E-state index in [1.54, 1.807) is 12.0 Å². The number of amides is 2. The summed E-state index contributed by atoms with van der Waals surface area (Å²) < 4.78 is 10.6. The Morgan fingerprint density at radius 2 is 1.77 bits per heavy atom. The molecule has 0 saturated carbocycles. The van der Waals surface area contributed by atoms with Gasteiger partial charge < -0.3 is 24.6 Å². The van der Waals surface area contributed by atoms with E-state index in [0.717, 1.165) is 49.0 Å². The third kappa shape index (κ3) is 4.51. The highest BCUT2D eigenvalue weighted by Crippen LogP contribution is 2.33. The van der Waals surface area contributed by atoms with Gasteiger partial charge in [-0.25, -0.2) is 0 Å². The lowest BCUT2D eigenvalue weighted by Crippen LogP contribution is -2.51. The van der Waals surface area contributed by atoms with Gasteiger partial charge in [0.2, 0.25) is 11.8 Å². The van der Waals surface area contributed by atoms with Crippen molar-refractivity contribution in [2.45, 2.75) is 31.8 Å². The summed E-state index contributed by atoms with van der Waals surface area (Å²) in [6, 6.07) is 15.4. The molecule has 1 N–H and O–H groups in total. The van der Waals surface area contributed by atoms with Crippen molar-refractivity contribution in [1.29, 1.82) is 0 Å². The fourth-order valence-electron chi connectivity index (χ4n) is 4.15. The molecule has 2 aromatic carbocycles. The first kappa shape index (κ1) is 21.2. The van der Waals surface area contributed by atoms with E-state index in [1.165, 1.54) is 0 Å². The van der Waals surface area contributed by atoms with Gasteiger partial charge in [0.05, 0.1) is 20.3 Å². The fraction of sp³-hybridized carbons (Fsp3) is 0.417. The predicted molar refractivity (Wildman–Crippen MR) is 119 cm³/mol. The Morgan fingerprint density at radius 1 is 1.10 bits per heavy atom. The van der Waals surface area contributed by atoms with E-state index in [4.69, 9.17) is 9.47 Å². The SMILES string of the molecule is COc1ccc(CN2C(=O)CCC2(C)C(=O)Nc2ccc(N3CCOCC3)cc2)cc1. The van der Waals surface area contributed by atoms with Crippen LogP contribution in [0, 0.1) is 0 Å². The minimum Gasteiger partial charge on any atom is -0.497 e. The molecule has 2 fully saturated rings. The van der Waals surface area contributed by atoms with Crippen molar-refractivity contribution in [3.05, 3.63) is 54.1 Å². The summed E-state index contributed by atoms with van der Waals surface area (Å²) in [4.78, 5) is 29.8. The number of likely N-dealkylation sites (tertiary alicyclic amines) is 1. The highest BCUT2D eigenvalue weighted by Gasteiger charge is 2.47. The highest BCUT2D eigenvalue weighted by atomic mass is 16.5. The zero-order valence-corrected chi connectivity index (χ0v) is 18.1. The second kappa shape index (κ2) is 8.98. The molecule has 7 nitrogen and oxygen atoms in total. The second-order valence-electron chi connectivity index (χ2n) is 8.20. The third-order valence-electron chi connectivity index (χ3n) is 6.21. The highest BCUT2D eigenvalue weighted by molar-refractivity contribution is 6.02. The van der Waals surface area contributed by atoms with Gasteiger partial charge in [0, 0.05) is 37.4 Å². The number of morpholine rings is 1. The van der Waals surface area contributed by atoms with Gasteiger partial charge in [0.25, 0.3) is 0 Å². The summed E-state index contributed by atoms with van der Waals surface area (Å²) in [6.45, 7) is 5.43. The summed E-state index contributed by atoms with van der Waals surface area (Å²) >= 11 is 0. The Morgan fingerprint density at radius 3 is 2.42 bits per heavy atom. The maximum atomic E-state index is 13.2. The zero-order valence-electron chi connectivity index (χ0n) is 18.1. The van der Waals surface area contributed by atoms with Crippen LogP contribution in [0.25, 0.3) is 0 Å². The van der Waals surface area contributed by atoms with Gasteiger partial charge in [-0.2, -0.15) is 0 Å². The molecular formula is C24H29N3O4. The lowest BCUT2D eigenvalue weighted by Gasteiger charge is -2.34. The molecule has 0 spiro atoms. The van der Waals surface area contributed by atoms with Gasteiger partial charge in [-0.05, 0) is 55.3 Å². The Balaban J connectivity index is 1.44. The number of ether oxygens (including phenoxy) is 2. The van der Waals surface area contributed by atoms with Crippen LogP contribution in [0.3, 0.4) is 0 Å². The average molecular weight is 424 g/mol. The van der Waals surface area contributed by atoms with Crippen LogP contribution < -0.4 is 15.0 Å². The number of benzene rings is 2. The molecule has 2 aromatic rings. The fourth-order valence-corrected chi connectivity index (χ4v) is 4.15. The summed E-state index contributed by atoms with van der Waals surface area (Å²) in [5, 5.41) is 3.01. The Hall–Kier alpha value is -3.06. The predicted octanol–water partition coefficient (Wildman–Crippen LogP) is 3.05. The minimum atomic E-state index is -0.889. The van der Waals surface area contributed by atoms with E-state index < -0.39 is 5.54 Å². The van der Waals surface area contributed by atoms with Crippen molar-refractivity contribution in [2.24, 2.45) is 0 Å². The summed E-state index contributed by atoms with van der Waals surface area (Å²) in [5.74, 6) is 0.597. The van der Waals surface area contributed by atoms with E-state index >= 15 is 0 Å². The monoisotopic (exact) mass is 423 g/mol. The van der Waals surface area contributed by atoms with Crippen LogP contribution in [0.5, 0.6) is 5.75 Å². The molecule has 0 aromatic heterocycles. The van der Waals surface area contributed by atoms with Crippen molar-refractivity contribution in [2.75, 3.05) is 43.6 Å². The summed E-state index contributed by atoms with van der Waals surface area (Å²) in [7, 11) is 1.62. The number of anilines is 2. The van der Waals surface area contributed by atoms with Crippen LogP contribution in [-0.4, -0.2) is 55.7 Å². The van der Waals surface area contributed by atoms with Gasteiger partial charge >= 0.3 is 0 Å². The Labute approximate surface area is 182 Å². The quantitative estimate of drug-likeness (QED) is 0.773. The van der Waals surface area contributed by atoms with Crippen molar-refractivity contribution in [1.82, 2.24) is 4.90 Å². The van der Waals surface area contributed by atoms with Crippen molar-refractivity contribution in [3.8, 4) is 5.75 Å². The van der Waals surface area contributed by atoms with E-state index in [2.05, 4.69) is 10.2 Å². The number of hydrogen-bond donors (Lipinski definition) is 1. The number of methoxy groups -OCH3 is 1.